The van der Waals surface area contributed by atoms with Crippen LogP contribution in [0.25, 0.3) is 0 Å². The van der Waals surface area contributed by atoms with E-state index in [0.717, 1.165) is 37.9 Å². The summed E-state index contributed by atoms with van der Waals surface area (Å²) in [5.41, 5.74) is 0. The number of nitrogens with zero attached hydrogens (tertiary/aromatic N) is 1. The van der Waals surface area contributed by atoms with Crippen molar-refractivity contribution in [3.8, 4) is 0 Å². The summed E-state index contributed by atoms with van der Waals surface area (Å²) in [5.74, 6) is 0.210. The number of hydrogen-bond donors (Lipinski definition) is 2. The maximum absolute atomic E-state index is 12.3. The molecule has 0 radical (unpaired) electrons. The molecule has 1 aliphatic carbocycles. The van der Waals surface area contributed by atoms with Gasteiger partial charge in [-0.3, -0.25) is 4.79 Å². The quantitative estimate of drug-likeness (QED) is 0.817. The van der Waals surface area contributed by atoms with E-state index in [0.29, 0.717) is 6.54 Å². The van der Waals surface area contributed by atoms with Gasteiger partial charge < -0.3 is 15.3 Å². The van der Waals surface area contributed by atoms with E-state index in [1.807, 2.05) is 11.8 Å². The van der Waals surface area contributed by atoms with Gasteiger partial charge in [0.15, 0.2) is 0 Å². The standard InChI is InChI=1S/C14H24N2O3S/c1-14(7-4-8-20-14)10-15-13(19)16(9-12(17)18)11-5-2-3-6-11/h11H,2-10H2,1H3,(H,15,19)(H,17,18). The van der Waals surface area contributed by atoms with Crippen LogP contribution >= 0.6 is 11.8 Å². The number of hydrogen-bond acceptors (Lipinski definition) is 3. The number of carbonyl (C=O) groups excluding carboxylic acids is 1. The number of aliphatic carboxylic acids is 1. The van der Waals surface area contributed by atoms with Gasteiger partial charge >= 0.3 is 12.0 Å². The molecule has 0 aromatic heterocycles. The van der Waals surface area contributed by atoms with Gasteiger partial charge in [0.25, 0.3) is 0 Å². The fraction of sp³-hybridized carbons (Fsp3) is 0.857. The van der Waals surface area contributed by atoms with E-state index in [4.69, 9.17) is 5.11 Å². The van der Waals surface area contributed by atoms with Crippen LogP contribution in [-0.2, 0) is 4.79 Å². The lowest BCUT2D eigenvalue weighted by Crippen LogP contribution is -2.50. The Morgan fingerprint density at radius 1 is 1.35 bits per heavy atom. The molecular weight excluding hydrogens is 276 g/mol. The smallest absolute Gasteiger partial charge is 0.323 e. The SMILES string of the molecule is CC1(CNC(=O)N(CC(=O)O)C2CCCC2)CCCS1. The highest BCUT2D eigenvalue weighted by Crippen LogP contribution is 2.37. The highest BCUT2D eigenvalue weighted by molar-refractivity contribution is 8.00. The van der Waals surface area contributed by atoms with Crippen molar-refractivity contribution in [3.05, 3.63) is 0 Å². The van der Waals surface area contributed by atoms with Crippen LogP contribution in [0.2, 0.25) is 0 Å². The second-order valence-corrected chi connectivity index (χ2v) is 7.70. The number of amides is 2. The predicted molar refractivity (Wildman–Crippen MR) is 80.1 cm³/mol. The molecule has 2 rings (SSSR count). The fourth-order valence-electron chi connectivity index (χ4n) is 3.07. The number of rotatable bonds is 5. The molecule has 2 N–H and O–H groups in total. The molecule has 1 unspecified atom stereocenters. The number of thioether (sulfide) groups is 1. The minimum absolute atomic E-state index is 0.0927. The van der Waals surface area contributed by atoms with Crippen molar-refractivity contribution >= 4 is 23.8 Å². The van der Waals surface area contributed by atoms with Gasteiger partial charge in [-0.2, -0.15) is 11.8 Å². The first kappa shape index (κ1) is 15.5. The fourth-order valence-corrected chi connectivity index (χ4v) is 4.31. The summed E-state index contributed by atoms with van der Waals surface area (Å²) in [4.78, 5) is 24.8. The van der Waals surface area contributed by atoms with E-state index in [2.05, 4.69) is 12.2 Å². The Morgan fingerprint density at radius 2 is 2.05 bits per heavy atom. The third-order valence-corrected chi connectivity index (χ3v) is 5.78. The van der Waals surface area contributed by atoms with Gasteiger partial charge in [-0.1, -0.05) is 12.8 Å². The van der Waals surface area contributed by atoms with Gasteiger partial charge in [0.1, 0.15) is 6.54 Å². The van der Waals surface area contributed by atoms with Crippen molar-refractivity contribution < 1.29 is 14.7 Å². The van der Waals surface area contributed by atoms with Crippen LogP contribution in [0, 0.1) is 0 Å². The molecule has 0 aromatic rings. The molecule has 1 saturated heterocycles. The minimum atomic E-state index is -0.937. The minimum Gasteiger partial charge on any atom is -0.480 e. The van der Waals surface area contributed by atoms with Gasteiger partial charge in [-0.25, -0.2) is 4.79 Å². The van der Waals surface area contributed by atoms with Gasteiger partial charge in [0.2, 0.25) is 0 Å². The molecular formula is C14H24N2O3S. The summed E-state index contributed by atoms with van der Waals surface area (Å²) in [6.07, 6.45) is 6.32. The lowest BCUT2D eigenvalue weighted by Gasteiger charge is -2.30. The molecule has 1 aliphatic heterocycles. The Bertz CT molecular complexity index is 363. The second-order valence-electron chi connectivity index (χ2n) is 6.02. The molecule has 5 nitrogen and oxygen atoms in total. The van der Waals surface area contributed by atoms with Gasteiger partial charge in [0.05, 0.1) is 0 Å². The van der Waals surface area contributed by atoms with E-state index >= 15 is 0 Å². The van der Waals surface area contributed by atoms with Crippen molar-refractivity contribution in [3.63, 3.8) is 0 Å². The van der Waals surface area contributed by atoms with Crippen molar-refractivity contribution in [2.24, 2.45) is 0 Å². The molecule has 1 heterocycles. The van der Waals surface area contributed by atoms with E-state index in [9.17, 15) is 9.59 Å². The van der Waals surface area contributed by atoms with Crippen LogP contribution in [-0.4, -0.2) is 51.6 Å². The van der Waals surface area contributed by atoms with Gasteiger partial charge in [-0.15, -0.1) is 0 Å². The first-order valence-electron chi connectivity index (χ1n) is 7.40. The summed E-state index contributed by atoms with van der Waals surface area (Å²) >= 11 is 1.89. The highest BCUT2D eigenvalue weighted by atomic mass is 32.2. The number of carboxylic acids is 1. The van der Waals surface area contributed by atoms with E-state index in [1.165, 1.54) is 11.3 Å². The zero-order chi connectivity index (χ0) is 14.6. The zero-order valence-electron chi connectivity index (χ0n) is 12.1. The molecule has 6 heteroatoms. The molecule has 2 aliphatic rings. The summed E-state index contributed by atoms with van der Waals surface area (Å²) in [6, 6.07) is -0.122. The lowest BCUT2D eigenvalue weighted by atomic mass is 10.1. The largest absolute Gasteiger partial charge is 0.480 e. The van der Waals surface area contributed by atoms with Crippen LogP contribution in [0.15, 0.2) is 0 Å². The van der Waals surface area contributed by atoms with Gasteiger partial charge in [0, 0.05) is 17.3 Å². The Kier molecular flexibility index (Phi) is 5.18. The summed E-state index contributed by atoms with van der Waals surface area (Å²) in [7, 11) is 0. The number of carbonyl (C=O) groups is 2. The summed E-state index contributed by atoms with van der Waals surface area (Å²) < 4.78 is 0.111. The van der Waals surface area contributed by atoms with Crippen LogP contribution in [0.5, 0.6) is 0 Å². The molecule has 2 amide bonds. The van der Waals surface area contributed by atoms with E-state index in [-0.39, 0.29) is 23.4 Å². The number of urea groups is 1. The summed E-state index contributed by atoms with van der Waals surface area (Å²) in [5, 5.41) is 11.9. The Hall–Kier alpha value is -0.910. The van der Waals surface area contributed by atoms with Crippen LogP contribution in [0.1, 0.15) is 45.4 Å². The van der Waals surface area contributed by atoms with Gasteiger partial charge in [-0.05, 0) is 38.4 Å². The number of carboxylic acid groups (broad SMARTS) is 1. The topological polar surface area (TPSA) is 69.6 Å². The van der Waals surface area contributed by atoms with Crippen molar-refractivity contribution in [1.82, 2.24) is 10.2 Å². The van der Waals surface area contributed by atoms with E-state index in [1.54, 1.807) is 0 Å². The molecule has 2 fully saturated rings. The average molecular weight is 300 g/mol. The van der Waals surface area contributed by atoms with Crippen LogP contribution < -0.4 is 5.32 Å². The molecule has 0 spiro atoms. The Labute approximate surface area is 124 Å². The molecule has 1 atom stereocenters. The third-order valence-electron chi connectivity index (χ3n) is 4.25. The van der Waals surface area contributed by atoms with Crippen molar-refractivity contribution in [1.29, 1.82) is 0 Å². The Morgan fingerprint density at radius 3 is 2.60 bits per heavy atom. The number of nitrogens with one attached hydrogen (secondary N) is 1. The normalized spacial score (nSPS) is 26.6. The molecule has 0 bridgehead atoms. The van der Waals surface area contributed by atoms with Crippen LogP contribution in [0.4, 0.5) is 4.79 Å². The van der Waals surface area contributed by atoms with Crippen molar-refractivity contribution in [2.75, 3.05) is 18.8 Å². The third kappa shape index (κ3) is 4.04. The monoisotopic (exact) mass is 300 g/mol. The predicted octanol–water partition coefficient (Wildman–Crippen LogP) is 2.31. The first-order valence-corrected chi connectivity index (χ1v) is 8.39. The maximum Gasteiger partial charge on any atom is 0.323 e. The highest BCUT2D eigenvalue weighted by Gasteiger charge is 2.32. The van der Waals surface area contributed by atoms with Crippen molar-refractivity contribution in [2.45, 2.75) is 56.2 Å². The van der Waals surface area contributed by atoms with E-state index < -0.39 is 5.97 Å². The Balaban J connectivity index is 1.90. The van der Waals surface area contributed by atoms with Crippen LogP contribution in [0.3, 0.4) is 0 Å². The zero-order valence-corrected chi connectivity index (χ0v) is 12.9. The first-order chi connectivity index (χ1) is 9.50. The second kappa shape index (κ2) is 6.70. The summed E-state index contributed by atoms with van der Waals surface area (Å²) in [6.45, 7) is 2.60. The lowest BCUT2D eigenvalue weighted by molar-refractivity contribution is -0.138. The molecule has 20 heavy (non-hydrogen) atoms. The maximum atomic E-state index is 12.3. The molecule has 0 aromatic carbocycles. The average Bonchev–Trinajstić information content (AvgIpc) is 3.05. The molecule has 114 valence electrons. The molecule has 1 saturated carbocycles.